The first-order valence-corrected chi connectivity index (χ1v) is 10.4. The third-order valence-corrected chi connectivity index (χ3v) is 7.28. The molecule has 4 rings (SSSR count). The van der Waals surface area contributed by atoms with E-state index in [4.69, 9.17) is 0 Å². The summed E-state index contributed by atoms with van der Waals surface area (Å²) >= 11 is 0. The minimum absolute atomic E-state index is 0.383. The highest BCUT2D eigenvalue weighted by molar-refractivity contribution is 5.14. The Morgan fingerprint density at radius 2 is 1.84 bits per heavy atom. The van der Waals surface area contributed by atoms with Crippen molar-refractivity contribution in [2.24, 2.45) is 11.8 Å². The van der Waals surface area contributed by atoms with Crippen LogP contribution in [-0.4, -0.2) is 52.7 Å². The van der Waals surface area contributed by atoms with E-state index in [1.165, 1.54) is 50.9 Å². The summed E-state index contributed by atoms with van der Waals surface area (Å²) in [7, 11) is 0. The molecule has 1 N–H and O–H groups in total. The Hall–Kier alpha value is -0.900. The van der Waals surface area contributed by atoms with Crippen LogP contribution in [0.2, 0.25) is 0 Å². The van der Waals surface area contributed by atoms with Crippen LogP contribution in [0.4, 0.5) is 0 Å². The van der Waals surface area contributed by atoms with E-state index in [9.17, 15) is 5.11 Å². The van der Waals surface area contributed by atoms with Crippen LogP contribution in [0.3, 0.4) is 0 Å². The Labute approximate surface area is 153 Å². The van der Waals surface area contributed by atoms with Crippen LogP contribution in [0, 0.1) is 11.8 Å². The lowest BCUT2D eigenvalue weighted by Gasteiger charge is -2.41. The van der Waals surface area contributed by atoms with Crippen LogP contribution >= 0.6 is 0 Å². The second-order valence-electron chi connectivity index (χ2n) is 8.66. The molecule has 3 atom stereocenters. The lowest BCUT2D eigenvalue weighted by atomic mass is 9.69. The first-order chi connectivity index (χ1) is 12.2. The molecule has 1 aromatic carbocycles. The summed E-state index contributed by atoms with van der Waals surface area (Å²) in [4.78, 5) is 5.35. The van der Waals surface area contributed by atoms with E-state index >= 15 is 0 Å². The Kier molecular flexibility index (Phi) is 5.17. The van der Waals surface area contributed by atoms with Crippen LogP contribution in [0.5, 0.6) is 0 Å². The standard InChI is InChI=1S/C22H34N2O/c1-2-22(25)12-6-9-19-16-24(17-21(19)22)20-10-13-23(14-11-20)15-18-7-4-3-5-8-18/h3-5,7-8,19-21,25H,2,6,9-17H2,1H3/t19-,21+,22-/m0/s1. The lowest BCUT2D eigenvalue weighted by Crippen LogP contribution is -2.46. The van der Waals surface area contributed by atoms with Crippen LogP contribution in [0.15, 0.2) is 30.3 Å². The largest absolute Gasteiger partial charge is 0.390 e. The van der Waals surface area contributed by atoms with E-state index in [2.05, 4.69) is 47.1 Å². The van der Waals surface area contributed by atoms with Gasteiger partial charge in [-0.25, -0.2) is 0 Å². The van der Waals surface area contributed by atoms with E-state index < -0.39 is 0 Å². The highest BCUT2D eigenvalue weighted by Crippen LogP contribution is 2.45. The van der Waals surface area contributed by atoms with Gasteiger partial charge in [-0.2, -0.15) is 0 Å². The summed E-state index contributed by atoms with van der Waals surface area (Å²) in [6, 6.07) is 11.6. The molecule has 1 saturated carbocycles. The van der Waals surface area contributed by atoms with Gasteiger partial charge >= 0.3 is 0 Å². The normalized spacial score (nSPS) is 35.0. The van der Waals surface area contributed by atoms with Gasteiger partial charge in [-0.1, -0.05) is 43.7 Å². The van der Waals surface area contributed by atoms with Crippen molar-refractivity contribution < 1.29 is 5.11 Å². The molecule has 25 heavy (non-hydrogen) atoms. The molecule has 0 bridgehead atoms. The van der Waals surface area contributed by atoms with Crippen molar-refractivity contribution in [1.82, 2.24) is 9.80 Å². The Morgan fingerprint density at radius 3 is 2.56 bits per heavy atom. The lowest BCUT2D eigenvalue weighted by molar-refractivity contribution is -0.0619. The molecule has 3 fully saturated rings. The first kappa shape index (κ1) is 17.5. The predicted molar refractivity (Wildman–Crippen MR) is 102 cm³/mol. The smallest absolute Gasteiger partial charge is 0.0688 e. The Bertz CT molecular complexity index is 554. The van der Waals surface area contributed by atoms with Gasteiger partial charge in [0.25, 0.3) is 0 Å². The molecule has 0 radical (unpaired) electrons. The van der Waals surface area contributed by atoms with Gasteiger partial charge in [0, 0.05) is 31.6 Å². The molecule has 0 aromatic heterocycles. The molecule has 0 unspecified atom stereocenters. The zero-order valence-electron chi connectivity index (χ0n) is 15.7. The first-order valence-electron chi connectivity index (χ1n) is 10.4. The Balaban J connectivity index is 1.31. The van der Waals surface area contributed by atoms with Crippen molar-refractivity contribution in [3.8, 4) is 0 Å². The molecular formula is C22H34N2O. The molecule has 1 aliphatic carbocycles. The third kappa shape index (κ3) is 3.65. The molecule has 2 heterocycles. The van der Waals surface area contributed by atoms with Gasteiger partial charge in [0.1, 0.15) is 0 Å². The molecule has 3 nitrogen and oxygen atoms in total. The number of hydrogen-bond donors (Lipinski definition) is 1. The second-order valence-corrected chi connectivity index (χ2v) is 8.66. The van der Waals surface area contributed by atoms with Gasteiger partial charge in [0.05, 0.1) is 5.60 Å². The van der Waals surface area contributed by atoms with E-state index in [1.807, 2.05) is 0 Å². The zero-order valence-corrected chi connectivity index (χ0v) is 15.7. The van der Waals surface area contributed by atoms with Crippen LogP contribution in [0.1, 0.15) is 51.0 Å². The third-order valence-electron chi connectivity index (χ3n) is 7.28. The van der Waals surface area contributed by atoms with Crippen LogP contribution in [0.25, 0.3) is 0 Å². The average molecular weight is 343 g/mol. The minimum atomic E-state index is -0.383. The topological polar surface area (TPSA) is 26.7 Å². The number of fused-ring (bicyclic) bond motifs is 1. The molecule has 2 aliphatic heterocycles. The fourth-order valence-corrected chi connectivity index (χ4v) is 5.68. The summed E-state index contributed by atoms with van der Waals surface area (Å²) < 4.78 is 0. The zero-order chi connectivity index (χ0) is 17.3. The van der Waals surface area contributed by atoms with Gasteiger partial charge < -0.3 is 5.11 Å². The van der Waals surface area contributed by atoms with Gasteiger partial charge in [0.2, 0.25) is 0 Å². The van der Waals surface area contributed by atoms with Crippen molar-refractivity contribution in [3.05, 3.63) is 35.9 Å². The second kappa shape index (κ2) is 7.38. The van der Waals surface area contributed by atoms with E-state index in [0.717, 1.165) is 37.9 Å². The molecule has 138 valence electrons. The number of rotatable bonds is 4. The van der Waals surface area contributed by atoms with Gasteiger partial charge in [-0.15, -0.1) is 0 Å². The number of nitrogens with zero attached hydrogens (tertiary/aromatic N) is 2. The molecule has 3 heteroatoms. The summed E-state index contributed by atoms with van der Waals surface area (Å²) in [5, 5.41) is 11.0. The summed E-state index contributed by atoms with van der Waals surface area (Å²) in [5.41, 5.74) is 1.05. The fourth-order valence-electron chi connectivity index (χ4n) is 5.68. The maximum atomic E-state index is 11.0. The van der Waals surface area contributed by atoms with Crippen molar-refractivity contribution in [1.29, 1.82) is 0 Å². The quantitative estimate of drug-likeness (QED) is 0.907. The number of likely N-dealkylation sites (tertiary alicyclic amines) is 2. The van der Waals surface area contributed by atoms with Crippen molar-refractivity contribution in [2.75, 3.05) is 26.2 Å². The summed E-state index contributed by atoms with van der Waals surface area (Å²) in [6.45, 7) is 8.06. The van der Waals surface area contributed by atoms with Crippen molar-refractivity contribution in [3.63, 3.8) is 0 Å². The van der Waals surface area contributed by atoms with Crippen molar-refractivity contribution >= 4 is 0 Å². The monoisotopic (exact) mass is 342 g/mol. The van der Waals surface area contributed by atoms with Crippen LogP contribution in [-0.2, 0) is 6.54 Å². The SMILES string of the molecule is CC[C@]1(O)CCC[C@H]2CN(C3CCN(Cc4ccccc4)CC3)C[C@H]21. The van der Waals surface area contributed by atoms with E-state index in [0.29, 0.717) is 5.92 Å². The molecule has 1 aromatic rings. The molecular weight excluding hydrogens is 308 g/mol. The Morgan fingerprint density at radius 1 is 1.08 bits per heavy atom. The van der Waals surface area contributed by atoms with Crippen molar-refractivity contribution in [2.45, 2.75) is 63.6 Å². The number of piperidine rings is 1. The maximum absolute atomic E-state index is 11.0. The van der Waals surface area contributed by atoms with Gasteiger partial charge in [-0.3, -0.25) is 9.80 Å². The summed E-state index contributed by atoms with van der Waals surface area (Å²) in [5.74, 6) is 1.26. The van der Waals surface area contributed by atoms with Gasteiger partial charge in [-0.05, 0) is 56.7 Å². The summed E-state index contributed by atoms with van der Waals surface area (Å²) in [6.07, 6.45) is 7.07. The average Bonchev–Trinajstić information content (AvgIpc) is 3.09. The number of hydrogen-bond acceptors (Lipinski definition) is 3. The van der Waals surface area contributed by atoms with E-state index in [1.54, 1.807) is 0 Å². The molecule has 0 amide bonds. The predicted octanol–water partition coefficient (Wildman–Crippen LogP) is 3.52. The molecule has 3 aliphatic rings. The highest BCUT2D eigenvalue weighted by Gasteiger charge is 2.48. The minimum Gasteiger partial charge on any atom is -0.390 e. The number of benzene rings is 1. The van der Waals surface area contributed by atoms with Gasteiger partial charge in [0.15, 0.2) is 0 Å². The maximum Gasteiger partial charge on any atom is 0.0688 e. The van der Waals surface area contributed by atoms with E-state index in [-0.39, 0.29) is 5.60 Å². The molecule has 0 spiro atoms. The van der Waals surface area contributed by atoms with Crippen LogP contribution < -0.4 is 0 Å². The highest BCUT2D eigenvalue weighted by atomic mass is 16.3. The number of aliphatic hydroxyl groups is 1. The molecule has 2 saturated heterocycles. The fraction of sp³-hybridized carbons (Fsp3) is 0.727.